The van der Waals surface area contributed by atoms with E-state index >= 15 is 0 Å². The molecule has 1 aromatic carbocycles. The predicted octanol–water partition coefficient (Wildman–Crippen LogP) is 3.63. The third-order valence-corrected chi connectivity index (χ3v) is 4.72. The van der Waals surface area contributed by atoms with Crippen LogP contribution in [0.25, 0.3) is 0 Å². The molecule has 0 amide bonds. The van der Waals surface area contributed by atoms with Gasteiger partial charge < -0.3 is 9.84 Å². The smallest absolute Gasteiger partial charge is 0.109 e. The van der Waals surface area contributed by atoms with Gasteiger partial charge in [-0.3, -0.25) is 0 Å². The van der Waals surface area contributed by atoms with Gasteiger partial charge in [0.1, 0.15) is 6.10 Å². The molecule has 2 aliphatic rings. The first-order valence-corrected chi connectivity index (χ1v) is 7.74. The molecule has 2 atom stereocenters. The van der Waals surface area contributed by atoms with Crippen LogP contribution in [-0.2, 0) is 11.2 Å². The molecule has 1 N–H and O–H groups in total. The SMILES string of the molecule is OC(C1CCCCCC1)C1OCCc2ccccc21. The minimum absolute atomic E-state index is 0.104. The van der Waals surface area contributed by atoms with E-state index in [1.54, 1.807) is 0 Å². The Morgan fingerprint density at radius 2 is 1.79 bits per heavy atom. The number of ether oxygens (including phenoxy) is 1. The molecule has 0 spiro atoms. The highest BCUT2D eigenvalue weighted by Crippen LogP contribution is 2.36. The minimum atomic E-state index is -0.334. The lowest BCUT2D eigenvalue weighted by Crippen LogP contribution is -2.32. The third-order valence-electron chi connectivity index (χ3n) is 4.72. The van der Waals surface area contributed by atoms with E-state index in [2.05, 4.69) is 24.3 Å². The minimum Gasteiger partial charge on any atom is -0.390 e. The molecule has 1 heterocycles. The molecular formula is C17H24O2. The van der Waals surface area contributed by atoms with E-state index in [-0.39, 0.29) is 12.2 Å². The van der Waals surface area contributed by atoms with Gasteiger partial charge in [0.05, 0.1) is 12.7 Å². The average Bonchev–Trinajstić information content (AvgIpc) is 2.75. The van der Waals surface area contributed by atoms with Crippen molar-refractivity contribution in [2.45, 2.75) is 57.2 Å². The summed E-state index contributed by atoms with van der Waals surface area (Å²) in [6, 6.07) is 8.43. The van der Waals surface area contributed by atoms with Crippen LogP contribution in [0.4, 0.5) is 0 Å². The Balaban J connectivity index is 1.78. The van der Waals surface area contributed by atoms with Gasteiger partial charge in [0, 0.05) is 0 Å². The summed E-state index contributed by atoms with van der Waals surface area (Å²) in [5.41, 5.74) is 2.57. The third kappa shape index (κ3) is 2.85. The lowest BCUT2D eigenvalue weighted by molar-refractivity contribution is -0.0733. The van der Waals surface area contributed by atoms with Crippen molar-refractivity contribution in [1.82, 2.24) is 0 Å². The highest BCUT2D eigenvalue weighted by molar-refractivity contribution is 5.31. The lowest BCUT2D eigenvalue weighted by Gasteiger charge is -2.33. The molecule has 1 aromatic rings. The fraction of sp³-hybridized carbons (Fsp3) is 0.647. The van der Waals surface area contributed by atoms with Crippen molar-refractivity contribution in [2.75, 3.05) is 6.61 Å². The van der Waals surface area contributed by atoms with Crippen LogP contribution in [0.2, 0.25) is 0 Å². The second-order valence-corrected chi connectivity index (χ2v) is 5.98. The number of hydrogen-bond donors (Lipinski definition) is 1. The normalized spacial score (nSPS) is 26.5. The van der Waals surface area contributed by atoms with Crippen molar-refractivity contribution < 1.29 is 9.84 Å². The van der Waals surface area contributed by atoms with Gasteiger partial charge in [0.2, 0.25) is 0 Å². The standard InChI is InChI=1S/C17H24O2/c18-16(14-8-3-1-2-4-9-14)17-15-10-6-5-7-13(15)11-12-19-17/h5-7,10,14,16-18H,1-4,8-9,11-12H2. The Labute approximate surface area is 115 Å². The van der Waals surface area contributed by atoms with Crippen molar-refractivity contribution in [3.63, 3.8) is 0 Å². The van der Waals surface area contributed by atoms with Crippen LogP contribution >= 0.6 is 0 Å². The molecule has 19 heavy (non-hydrogen) atoms. The van der Waals surface area contributed by atoms with Gasteiger partial charge in [-0.25, -0.2) is 0 Å². The Morgan fingerprint density at radius 3 is 2.58 bits per heavy atom. The van der Waals surface area contributed by atoms with Gasteiger partial charge in [-0.15, -0.1) is 0 Å². The zero-order valence-electron chi connectivity index (χ0n) is 11.6. The lowest BCUT2D eigenvalue weighted by atomic mass is 9.85. The summed E-state index contributed by atoms with van der Waals surface area (Å²) in [6.07, 6.45) is 8.02. The van der Waals surface area contributed by atoms with Crippen molar-refractivity contribution in [3.8, 4) is 0 Å². The number of rotatable bonds is 2. The van der Waals surface area contributed by atoms with Crippen LogP contribution in [0.5, 0.6) is 0 Å². The molecule has 0 aromatic heterocycles. The molecule has 2 heteroatoms. The van der Waals surface area contributed by atoms with Crippen molar-refractivity contribution in [1.29, 1.82) is 0 Å². The zero-order valence-corrected chi connectivity index (χ0v) is 11.6. The first kappa shape index (κ1) is 13.1. The van der Waals surface area contributed by atoms with E-state index in [9.17, 15) is 5.11 Å². The van der Waals surface area contributed by atoms with Crippen LogP contribution in [0.1, 0.15) is 55.8 Å². The van der Waals surface area contributed by atoms with Crippen LogP contribution in [0.3, 0.4) is 0 Å². The summed E-state index contributed by atoms with van der Waals surface area (Å²) >= 11 is 0. The molecule has 3 rings (SSSR count). The highest BCUT2D eigenvalue weighted by atomic mass is 16.5. The molecule has 1 aliphatic heterocycles. The summed E-state index contributed by atoms with van der Waals surface area (Å²) in [6.45, 7) is 0.742. The van der Waals surface area contributed by atoms with E-state index in [0.29, 0.717) is 5.92 Å². The Hall–Kier alpha value is -0.860. The summed E-state index contributed by atoms with van der Waals surface area (Å²) < 4.78 is 5.91. The molecule has 1 aliphatic carbocycles. The van der Waals surface area contributed by atoms with Gasteiger partial charge in [0.15, 0.2) is 0 Å². The maximum atomic E-state index is 10.7. The van der Waals surface area contributed by atoms with E-state index in [0.717, 1.165) is 25.9 Å². The van der Waals surface area contributed by atoms with E-state index in [4.69, 9.17) is 4.74 Å². The van der Waals surface area contributed by atoms with E-state index in [1.165, 1.54) is 36.8 Å². The number of hydrogen-bond acceptors (Lipinski definition) is 2. The fourth-order valence-electron chi connectivity index (χ4n) is 3.61. The van der Waals surface area contributed by atoms with Crippen molar-refractivity contribution in [3.05, 3.63) is 35.4 Å². The molecule has 2 nitrogen and oxygen atoms in total. The quantitative estimate of drug-likeness (QED) is 0.823. The van der Waals surface area contributed by atoms with Crippen LogP contribution in [-0.4, -0.2) is 17.8 Å². The maximum absolute atomic E-state index is 10.7. The number of fused-ring (bicyclic) bond motifs is 1. The molecule has 1 fully saturated rings. The molecule has 0 radical (unpaired) electrons. The second kappa shape index (κ2) is 6.06. The number of aliphatic hydroxyl groups is 1. The maximum Gasteiger partial charge on any atom is 0.109 e. The van der Waals surface area contributed by atoms with E-state index < -0.39 is 0 Å². The van der Waals surface area contributed by atoms with Gasteiger partial charge in [-0.1, -0.05) is 49.9 Å². The van der Waals surface area contributed by atoms with Crippen LogP contribution < -0.4 is 0 Å². The molecule has 2 unspecified atom stereocenters. The Bertz CT molecular complexity index is 407. The second-order valence-electron chi connectivity index (χ2n) is 5.98. The van der Waals surface area contributed by atoms with E-state index in [1.807, 2.05) is 0 Å². The average molecular weight is 260 g/mol. The van der Waals surface area contributed by atoms with Crippen molar-refractivity contribution >= 4 is 0 Å². The molecule has 0 bridgehead atoms. The summed E-state index contributed by atoms with van der Waals surface area (Å²) in [4.78, 5) is 0. The Kier molecular flexibility index (Phi) is 4.19. The number of aliphatic hydroxyl groups excluding tert-OH is 1. The van der Waals surface area contributed by atoms with Gasteiger partial charge in [0.25, 0.3) is 0 Å². The van der Waals surface area contributed by atoms with Crippen molar-refractivity contribution in [2.24, 2.45) is 5.92 Å². The zero-order chi connectivity index (χ0) is 13.1. The highest BCUT2D eigenvalue weighted by Gasteiger charge is 2.32. The molecule has 0 saturated heterocycles. The summed E-state index contributed by atoms with van der Waals surface area (Å²) in [5, 5.41) is 10.7. The van der Waals surface area contributed by atoms with Gasteiger partial charge in [-0.05, 0) is 36.3 Å². The fourth-order valence-corrected chi connectivity index (χ4v) is 3.61. The number of benzene rings is 1. The summed E-state index contributed by atoms with van der Waals surface area (Å²) in [7, 11) is 0. The largest absolute Gasteiger partial charge is 0.390 e. The first-order valence-electron chi connectivity index (χ1n) is 7.74. The Morgan fingerprint density at radius 1 is 1.05 bits per heavy atom. The summed E-state index contributed by atoms with van der Waals surface area (Å²) in [5.74, 6) is 0.415. The van der Waals surface area contributed by atoms with Gasteiger partial charge in [-0.2, -0.15) is 0 Å². The molecule has 104 valence electrons. The monoisotopic (exact) mass is 260 g/mol. The van der Waals surface area contributed by atoms with Crippen LogP contribution in [0.15, 0.2) is 24.3 Å². The predicted molar refractivity (Wildman–Crippen MR) is 76.0 cm³/mol. The molecular weight excluding hydrogens is 236 g/mol. The first-order chi connectivity index (χ1) is 9.36. The van der Waals surface area contributed by atoms with Gasteiger partial charge >= 0.3 is 0 Å². The topological polar surface area (TPSA) is 29.5 Å². The van der Waals surface area contributed by atoms with Crippen LogP contribution in [0, 0.1) is 5.92 Å². The molecule has 1 saturated carbocycles.